The number of rotatable bonds is 8. The fraction of sp³-hybridized carbons (Fsp3) is 0.588. The van der Waals surface area contributed by atoms with Gasteiger partial charge in [0.1, 0.15) is 0 Å². The lowest BCUT2D eigenvalue weighted by Crippen LogP contribution is -2.48. The van der Waals surface area contributed by atoms with Crippen molar-refractivity contribution in [3.63, 3.8) is 0 Å². The summed E-state index contributed by atoms with van der Waals surface area (Å²) in [7, 11) is 1.65. The summed E-state index contributed by atoms with van der Waals surface area (Å²) in [5, 5.41) is 3.84. The molecule has 5 nitrogen and oxygen atoms in total. The van der Waals surface area contributed by atoms with Gasteiger partial charge in [-0.05, 0) is 37.6 Å². The van der Waals surface area contributed by atoms with Gasteiger partial charge in [0.2, 0.25) is 5.91 Å². The third-order valence-corrected chi connectivity index (χ3v) is 4.80. The Balaban J connectivity index is 1.88. The van der Waals surface area contributed by atoms with E-state index < -0.39 is 0 Å². The van der Waals surface area contributed by atoms with Gasteiger partial charge in [-0.1, -0.05) is 29.6 Å². The maximum Gasteiger partial charge on any atom is 0.241 e. The molecule has 1 heterocycles. The number of ether oxygens (including phenoxy) is 2. The van der Waals surface area contributed by atoms with Crippen LogP contribution in [0.25, 0.3) is 0 Å². The quantitative estimate of drug-likeness (QED) is 0.708. The van der Waals surface area contributed by atoms with Crippen LogP contribution in [-0.4, -0.2) is 56.9 Å². The second-order valence-corrected chi connectivity index (χ2v) is 6.59. The summed E-state index contributed by atoms with van der Waals surface area (Å²) in [5.41, 5.74) is 0.663. The molecule has 1 saturated heterocycles. The SMILES string of the molecule is COCCOCCN1CCCCC1C(=O)Nc1ccc(Cl)c(Cl)c1. The molecule has 1 N–H and O–H groups in total. The second-order valence-electron chi connectivity index (χ2n) is 5.77. The fourth-order valence-electron chi connectivity index (χ4n) is 2.78. The second kappa shape index (κ2) is 10.2. The number of anilines is 1. The van der Waals surface area contributed by atoms with Crippen LogP contribution in [-0.2, 0) is 14.3 Å². The van der Waals surface area contributed by atoms with Crippen molar-refractivity contribution in [2.75, 3.05) is 45.3 Å². The average Bonchev–Trinajstić information content (AvgIpc) is 2.58. The van der Waals surface area contributed by atoms with Crippen LogP contribution in [0.5, 0.6) is 0 Å². The van der Waals surface area contributed by atoms with Crippen molar-refractivity contribution in [2.45, 2.75) is 25.3 Å². The molecule has 7 heteroatoms. The Morgan fingerprint density at radius 2 is 2.08 bits per heavy atom. The summed E-state index contributed by atoms with van der Waals surface area (Å²) in [6.45, 7) is 3.40. The van der Waals surface area contributed by atoms with E-state index in [2.05, 4.69) is 10.2 Å². The van der Waals surface area contributed by atoms with E-state index in [0.29, 0.717) is 35.6 Å². The van der Waals surface area contributed by atoms with Gasteiger partial charge in [-0.3, -0.25) is 9.69 Å². The van der Waals surface area contributed by atoms with Crippen LogP contribution < -0.4 is 5.32 Å². The van der Waals surface area contributed by atoms with Crippen LogP contribution in [0.4, 0.5) is 5.69 Å². The standard InChI is InChI=1S/C17H24Cl2N2O3/c1-23-10-11-24-9-8-21-7-3-2-4-16(21)17(22)20-13-5-6-14(18)15(19)12-13/h5-6,12,16H,2-4,7-11H2,1H3,(H,20,22). The summed E-state index contributed by atoms with van der Waals surface area (Å²) >= 11 is 11.9. The summed E-state index contributed by atoms with van der Waals surface area (Å²) in [4.78, 5) is 14.8. The largest absolute Gasteiger partial charge is 0.382 e. The minimum Gasteiger partial charge on any atom is -0.382 e. The van der Waals surface area contributed by atoms with Crippen molar-refractivity contribution in [1.82, 2.24) is 4.90 Å². The number of hydrogen-bond acceptors (Lipinski definition) is 4. The fourth-order valence-corrected chi connectivity index (χ4v) is 3.08. The van der Waals surface area contributed by atoms with Gasteiger partial charge in [0, 0.05) is 19.3 Å². The molecule has 0 bridgehead atoms. The van der Waals surface area contributed by atoms with Crippen molar-refractivity contribution < 1.29 is 14.3 Å². The van der Waals surface area contributed by atoms with E-state index in [4.69, 9.17) is 32.7 Å². The van der Waals surface area contributed by atoms with Crippen molar-refractivity contribution in [3.05, 3.63) is 28.2 Å². The van der Waals surface area contributed by atoms with Crippen molar-refractivity contribution in [2.24, 2.45) is 0 Å². The summed E-state index contributed by atoms with van der Waals surface area (Å²) in [6, 6.07) is 4.97. The van der Waals surface area contributed by atoms with E-state index in [9.17, 15) is 4.79 Å². The molecule has 0 aliphatic carbocycles. The molecule has 1 aromatic rings. The van der Waals surface area contributed by atoms with Crippen LogP contribution >= 0.6 is 23.2 Å². The number of carbonyl (C=O) groups is 1. The number of amides is 1. The molecule has 1 aromatic carbocycles. The Labute approximate surface area is 153 Å². The minimum absolute atomic E-state index is 0.00928. The minimum atomic E-state index is -0.140. The number of benzene rings is 1. The van der Waals surface area contributed by atoms with E-state index in [1.807, 2.05) is 0 Å². The number of likely N-dealkylation sites (tertiary alicyclic amines) is 1. The first-order valence-electron chi connectivity index (χ1n) is 8.18. The summed E-state index contributed by atoms with van der Waals surface area (Å²) in [6.07, 6.45) is 3.01. The monoisotopic (exact) mass is 374 g/mol. The Kier molecular flexibility index (Phi) is 8.29. The number of nitrogens with zero attached hydrogens (tertiary/aromatic N) is 1. The molecule has 0 radical (unpaired) electrons. The Morgan fingerprint density at radius 3 is 2.83 bits per heavy atom. The highest BCUT2D eigenvalue weighted by atomic mass is 35.5. The molecule has 1 atom stereocenters. The third-order valence-electron chi connectivity index (χ3n) is 4.06. The van der Waals surface area contributed by atoms with Crippen molar-refractivity contribution in [3.8, 4) is 0 Å². The average molecular weight is 375 g/mol. The van der Waals surface area contributed by atoms with E-state index in [0.717, 1.165) is 32.4 Å². The maximum absolute atomic E-state index is 12.6. The molecule has 0 spiro atoms. The van der Waals surface area contributed by atoms with E-state index in [1.165, 1.54) is 0 Å². The summed E-state index contributed by atoms with van der Waals surface area (Å²) in [5.74, 6) is -0.00928. The van der Waals surface area contributed by atoms with Gasteiger partial charge in [-0.2, -0.15) is 0 Å². The molecule has 1 unspecified atom stereocenters. The first-order chi connectivity index (χ1) is 11.6. The lowest BCUT2D eigenvalue weighted by Gasteiger charge is -2.34. The number of carbonyl (C=O) groups excluding carboxylic acids is 1. The topological polar surface area (TPSA) is 50.8 Å². The molecule has 24 heavy (non-hydrogen) atoms. The number of piperidine rings is 1. The van der Waals surface area contributed by atoms with Crippen LogP contribution in [0, 0.1) is 0 Å². The summed E-state index contributed by atoms with van der Waals surface area (Å²) < 4.78 is 10.5. The van der Waals surface area contributed by atoms with Gasteiger partial charge in [0.25, 0.3) is 0 Å². The van der Waals surface area contributed by atoms with E-state index in [1.54, 1.807) is 25.3 Å². The zero-order valence-corrected chi connectivity index (χ0v) is 15.4. The Hall–Kier alpha value is -0.850. The first kappa shape index (κ1) is 19.5. The van der Waals surface area contributed by atoms with E-state index >= 15 is 0 Å². The lowest BCUT2D eigenvalue weighted by molar-refractivity contribution is -0.122. The zero-order chi connectivity index (χ0) is 17.4. The molecule has 1 aliphatic heterocycles. The molecule has 0 saturated carbocycles. The van der Waals surface area contributed by atoms with Crippen LogP contribution in [0.3, 0.4) is 0 Å². The molecule has 134 valence electrons. The van der Waals surface area contributed by atoms with Gasteiger partial charge < -0.3 is 14.8 Å². The highest BCUT2D eigenvalue weighted by Gasteiger charge is 2.28. The van der Waals surface area contributed by atoms with Crippen molar-refractivity contribution >= 4 is 34.8 Å². The van der Waals surface area contributed by atoms with Gasteiger partial charge in [-0.25, -0.2) is 0 Å². The van der Waals surface area contributed by atoms with Gasteiger partial charge in [0.05, 0.1) is 35.9 Å². The normalized spacial score (nSPS) is 18.5. The molecule has 1 fully saturated rings. The van der Waals surface area contributed by atoms with Crippen LogP contribution in [0.2, 0.25) is 10.0 Å². The molecule has 2 rings (SSSR count). The third kappa shape index (κ3) is 5.90. The molecule has 0 aromatic heterocycles. The maximum atomic E-state index is 12.6. The predicted octanol–water partition coefficient (Wildman–Crippen LogP) is 3.45. The van der Waals surface area contributed by atoms with Crippen LogP contribution in [0.1, 0.15) is 19.3 Å². The highest BCUT2D eigenvalue weighted by Crippen LogP contribution is 2.26. The molecular weight excluding hydrogens is 351 g/mol. The highest BCUT2D eigenvalue weighted by molar-refractivity contribution is 6.42. The molecule has 1 amide bonds. The van der Waals surface area contributed by atoms with Gasteiger partial charge in [-0.15, -0.1) is 0 Å². The Morgan fingerprint density at radius 1 is 1.25 bits per heavy atom. The van der Waals surface area contributed by atoms with Crippen LogP contribution in [0.15, 0.2) is 18.2 Å². The number of halogens is 2. The first-order valence-corrected chi connectivity index (χ1v) is 8.94. The zero-order valence-electron chi connectivity index (χ0n) is 13.9. The van der Waals surface area contributed by atoms with Gasteiger partial charge >= 0.3 is 0 Å². The number of nitrogens with one attached hydrogen (secondary N) is 1. The van der Waals surface area contributed by atoms with E-state index in [-0.39, 0.29) is 11.9 Å². The Bertz CT molecular complexity index is 543. The number of methoxy groups -OCH3 is 1. The predicted molar refractivity (Wildman–Crippen MR) is 97.0 cm³/mol. The van der Waals surface area contributed by atoms with Gasteiger partial charge in [0.15, 0.2) is 0 Å². The molecule has 1 aliphatic rings. The lowest BCUT2D eigenvalue weighted by atomic mass is 10.0. The van der Waals surface area contributed by atoms with Crippen molar-refractivity contribution in [1.29, 1.82) is 0 Å². The number of hydrogen-bond donors (Lipinski definition) is 1. The smallest absolute Gasteiger partial charge is 0.241 e. The molecular formula is C17H24Cl2N2O3.